The van der Waals surface area contributed by atoms with Crippen LogP contribution in [0, 0.1) is 61.3 Å². The molecule has 0 bridgehead atoms. The largest absolute Gasteiger partial charge is 0.497 e. The fourth-order valence-corrected chi connectivity index (χ4v) is 6.44. The molecule has 0 aliphatic heterocycles. The van der Waals surface area contributed by atoms with Gasteiger partial charge in [0.1, 0.15) is 5.75 Å². The van der Waals surface area contributed by atoms with Crippen LogP contribution in [-0.2, 0) is 0 Å². The van der Waals surface area contributed by atoms with Crippen LogP contribution in [0.15, 0.2) is 18.2 Å². The number of hydrogen-bond acceptors (Lipinski definition) is 3. The number of halogens is 1. The zero-order valence-corrected chi connectivity index (χ0v) is 20.5. The number of ether oxygens (including phenoxy) is 1. The van der Waals surface area contributed by atoms with Gasteiger partial charge in [-0.1, -0.05) is 28.9 Å². The molecule has 127 valence electrons. The summed E-state index contributed by atoms with van der Waals surface area (Å²) in [4.78, 5) is 12.8. The number of ketones is 1. The Bertz CT molecular complexity index is 664. The molecule has 1 N–H and O–H groups in total. The molecule has 2 saturated carbocycles. The summed E-state index contributed by atoms with van der Waals surface area (Å²) in [6, 6.07) is 5.94. The van der Waals surface area contributed by atoms with Crippen molar-refractivity contribution in [3.8, 4) is 5.75 Å². The van der Waals surface area contributed by atoms with Crippen LogP contribution in [0.2, 0.25) is 0 Å². The van der Waals surface area contributed by atoms with Gasteiger partial charge in [-0.2, -0.15) is 0 Å². The van der Waals surface area contributed by atoms with Crippen molar-refractivity contribution in [1.29, 1.82) is 0 Å². The second kappa shape index (κ2) is 6.95. The van der Waals surface area contributed by atoms with Crippen LogP contribution in [0.3, 0.4) is 0 Å². The van der Waals surface area contributed by atoms with Crippen molar-refractivity contribution in [3.05, 3.63) is 29.3 Å². The predicted octanol–water partition coefficient (Wildman–Crippen LogP) is 3.93. The Morgan fingerprint density at radius 2 is 2.04 bits per heavy atom. The first-order valence-electron chi connectivity index (χ1n) is 8.51. The molecule has 1 aromatic carbocycles. The third-order valence-corrected chi connectivity index (χ3v) is 7.82. The molecule has 3 aliphatic carbocycles. The second-order valence-electron chi connectivity index (χ2n) is 7.65. The Labute approximate surface area is 187 Å². The third kappa shape index (κ3) is 2.68. The Morgan fingerprint density at radius 3 is 2.75 bits per heavy atom. The summed E-state index contributed by atoms with van der Waals surface area (Å²) in [7, 11) is 1.63. The van der Waals surface area contributed by atoms with Gasteiger partial charge in [0.25, 0.3) is 0 Å². The van der Waals surface area contributed by atoms with Gasteiger partial charge in [0, 0.05) is 49.6 Å². The maximum atomic E-state index is 12.9. The van der Waals surface area contributed by atoms with E-state index >= 15 is 0 Å². The van der Waals surface area contributed by atoms with Crippen LogP contribution >= 0.6 is 15.9 Å². The zero-order valence-electron chi connectivity index (χ0n) is 14.2. The van der Waals surface area contributed by atoms with E-state index in [0.29, 0.717) is 17.8 Å². The number of rotatable bonds is 1. The van der Waals surface area contributed by atoms with Gasteiger partial charge in [-0.05, 0) is 66.5 Å². The summed E-state index contributed by atoms with van der Waals surface area (Å²) >= 11 is 3.72. The summed E-state index contributed by atoms with van der Waals surface area (Å²) in [5.41, 5.74) is 1.96. The van der Waals surface area contributed by atoms with Crippen molar-refractivity contribution >= 4 is 21.7 Å². The summed E-state index contributed by atoms with van der Waals surface area (Å²) in [6.45, 7) is 2.22. The molecule has 1 aromatic rings. The van der Waals surface area contributed by atoms with Gasteiger partial charge >= 0.3 is 0 Å². The summed E-state index contributed by atoms with van der Waals surface area (Å²) in [5.74, 6) is 2.03. The molecule has 3 aliphatic rings. The molecule has 0 aromatic heterocycles. The number of fused-ring (bicyclic) bond motifs is 5. The number of methoxy groups -OCH3 is 1. The fourth-order valence-electron chi connectivity index (χ4n) is 5.46. The minimum absolute atomic E-state index is 0. The van der Waals surface area contributed by atoms with Gasteiger partial charge in [0.15, 0.2) is 5.78 Å². The molecule has 1 radical (unpaired) electrons. The molecule has 0 heterocycles. The molecule has 24 heavy (non-hydrogen) atoms. The molecular weight excluding hydrogens is 583 g/mol. The number of carbonyl (C=O) groups is 1. The van der Waals surface area contributed by atoms with E-state index in [2.05, 4.69) is 28.9 Å². The SMILES string of the molecule is COc1ccc2c(c1)C(=O)C(Br)C1C2CC[C@]2(C)C(O)CCC12.[Ac]. The van der Waals surface area contributed by atoms with Gasteiger partial charge in [0.05, 0.1) is 18.0 Å². The van der Waals surface area contributed by atoms with Crippen LogP contribution < -0.4 is 4.74 Å². The fraction of sp³-hybridized carbons (Fsp3) is 0.632. The van der Waals surface area contributed by atoms with Crippen molar-refractivity contribution in [2.75, 3.05) is 7.11 Å². The monoisotopic (exact) mass is 605 g/mol. The zero-order chi connectivity index (χ0) is 16.4. The molecule has 5 unspecified atom stereocenters. The summed E-state index contributed by atoms with van der Waals surface area (Å²) < 4.78 is 5.30. The van der Waals surface area contributed by atoms with Crippen molar-refractivity contribution in [1.82, 2.24) is 0 Å². The van der Waals surface area contributed by atoms with Gasteiger partial charge in [-0.25, -0.2) is 0 Å². The van der Waals surface area contributed by atoms with Crippen molar-refractivity contribution < 1.29 is 58.7 Å². The van der Waals surface area contributed by atoms with Crippen molar-refractivity contribution in [2.45, 2.75) is 49.5 Å². The Balaban J connectivity index is 0.00000169. The minimum Gasteiger partial charge on any atom is -0.497 e. The third-order valence-electron chi connectivity index (χ3n) is 6.80. The first-order valence-corrected chi connectivity index (χ1v) is 9.43. The average Bonchev–Trinajstić information content (AvgIpc) is 2.87. The molecule has 6 atom stereocenters. The first-order chi connectivity index (χ1) is 11.0. The number of benzene rings is 1. The van der Waals surface area contributed by atoms with Crippen LogP contribution in [0.25, 0.3) is 0 Å². The number of aliphatic hydroxyl groups is 1. The van der Waals surface area contributed by atoms with Crippen molar-refractivity contribution in [2.24, 2.45) is 17.3 Å². The second-order valence-corrected chi connectivity index (χ2v) is 8.63. The van der Waals surface area contributed by atoms with E-state index in [1.54, 1.807) is 7.11 Å². The summed E-state index contributed by atoms with van der Waals surface area (Å²) in [6.07, 6.45) is 3.76. The van der Waals surface area contributed by atoms with Crippen LogP contribution in [0.4, 0.5) is 0 Å². The van der Waals surface area contributed by atoms with E-state index in [0.717, 1.165) is 37.0 Å². The first kappa shape index (κ1) is 19.3. The standard InChI is InChI=1S/C19H23BrO3.Ac/c1-19-8-7-12-11-4-3-10(23-2)9-13(11)18(22)17(20)16(12)14(19)5-6-15(19)21;/h3-4,9,12,14-17,21H,5-8H2,1-2H3;/t12?,14?,15?,16?,17?,19-;/m0./s1. The van der Waals surface area contributed by atoms with E-state index in [4.69, 9.17) is 4.74 Å². The Morgan fingerprint density at radius 1 is 1.29 bits per heavy atom. The predicted molar refractivity (Wildman–Crippen MR) is 92.3 cm³/mol. The van der Waals surface area contributed by atoms with Gasteiger partial charge in [-0.15, -0.1) is 0 Å². The molecule has 5 heteroatoms. The van der Waals surface area contributed by atoms with E-state index in [1.807, 2.05) is 12.1 Å². The van der Waals surface area contributed by atoms with Crippen LogP contribution in [-0.4, -0.2) is 28.9 Å². The molecule has 0 spiro atoms. The van der Waals surface area contributed by atoms with Crippen LogP contribution in [0.5, 0.6) is 5.75 Å². The average molecular weight is 606 g/mol. The minimum atomic E-state index is -0.222. The molecule has 4 rings (SSSR count). The molecular formula is C19H23AcBrO3. The number of hydrogen-bond donors (Lipinski definition) is 1. The Kier molecular flexibility index (Phi) is 5.60. The smallest absolute Gasteiger partial charge is 0.177 e. The van der Waals surface area contributed by atoms with E-state index in [1.165, 1.54) is 5.56 Å². The number of carbonyl (C=O) groups excluding carboxylic acids is 1. The van der Waals surface area contributed by atoms with Crippen molar-refractivity contribution in [3.63, 3.8) is 0 Å². The molecule has 0 amide bonds. The van der Waals surface area contributed by atoms with Gasteiger partial charge < -0.3 is 9.84 Å². The van der Waals surface area contributed by atoms with E-state index in [-0.39, 0.29) is 66.2 Å². The van der Waals surface area contributed by atoms with Gasteiger partial charge in [-0.3, -0.25) is 4.79 Å². The quantitative estimate of drug-likeness (QED) is 0.494. The van der Waals surface area contributed by atoms with Crippen LogP contribution in [0.1, 0.15) is 54.4 Å². The summed E-state index contributed by atoms with van der Waals surface area (Å²) in [5, 5.41) is 10.5. The van der Waals surface area contributed by atoms with E-state index < -0.39 is 0 Å². The number of aliphatic hydroxyl groups excluding tert-OH is 1. The number of alkyl halides is 1. The molecule has 0 saturated heterocycles. The maximum Gasteiger partial charge on any atom is 0.177 e. The Hall–Kier alpha value is 0.572. The maximum absolute atomic E-state index is 12.9. The molecule has 3 nitrogen and oxygen atoms in total. The number of Topliss-reactive ketones (excluding diaryl/α,β-unsaturated/α-hetero) is 1. The van der Waals surface area contributed by atoms with E-state index in [9.17, 15) is 9.90 Å². The molecule has 2 fully saturated rings. The normalized spacial score (nSPS) is 40.2. The van der Waals surface area contributed by atoms with Gasteiger partial charge in [0.2, 0.25) is 0 Å². The topological polar surface area (TPSA) is 46.5 Å².